The van der Waals surface area contributed by atoms with Gasteiger partial charge in [-0.15, -0.1) is 0 Å². The van der Waals surface area contributed by atoms with E-state index in [1.807, 2.05) is 0 Å². The van der Waals surface area contributed by atoms with Crippen LogP contribution in [0.3, 0.4) is 0 Å². The molecular weight excluding hydrogens is 230 g/mol. The summed E-state index contributed by atoms with van der Waals surface area (Å²) in [6, 6.07) is 0. The van der Waals surface area contributed by atoms with Gasteiger partial charge < -0.3 is 25.2 Å². The zero-order chi connectivity index (χ0) is 12.6. The average Bonchev–Trinajstić information content (AvgIpc) is 2.87. The van der Waals surface area contributed by atoms with Crippen LogP contribution in [0.25, 0.3) is 0 Å². The lowest BCUT2D eigenvalue weighted by Gasteiger charge is -2.14. The van der Waals surface area contributed by atoms with Gasteiger partial charge in [0.25, 0.3) is 0 Å². The van der Waals surface area contributed by atoms with Gasteiger partial charge in [-0.3, -0.25) is 0 Å². The number of hydrogen-bond acceptors (Lipinski definition) is 7. The Bertz CT molecular complexity index is 382. The third-order valence-corrected chi connectivity index (χ3v) is 2.68. The molecule has 1 fully saturated rings. The molecule has 0 aromatic carbocycles. The number of aromatic nitrogens is 3. The molecule has 8 heteroatoms. The van der Waals surface area contributed by atoms with E-state index in [1.54, 1.807) is 0 Å². The Balaban J connectivity index is 2.17. The van der Waals surface area contributed by atoms with Gasteiger partial charge in [0.2, 0.25) is 0 Å². The van der Waals surface area contributed by atoms with Gasteiger partial charge in [-0.1, -0.05) is 0 Å². The van der Waals surface area contributed by atoms with E-state index in [4.69, 9.17) is 9.84 Å². The van der Waals surface area contributed by atoms with Gasteiger partial charge in [0, 0.05) is 0 Å². The molecule has 0 radical (unpaired) electrons. The van der Waals surface area contributed by atoms with Gasteiger partial charge in [0.05, 0.1) is 6.61 Å². The molecule has 0 amide bonds. The predicted octanol–water partition coefficient (Wildman–Crippen LogP) is -2.06. The molecule has 1 aromatic rings. The first kappa shape index (κ1) is 12.4. The van der Waals surface area contributed by atoms with Crippen molar-refractivity contribution in [2.45, 2.75) is 37.6 Å². The minimum absolute atomic E-state index is 0.197. The van der Waals surface area contributed by atoms with Crippen LogP contribution in [-0.2, 0) is 4.74 Å². The summed E-state index contributed by atoms with van der Waals surface area (Å²) >= 11 is 0. The lowest BCUT2D eigenvalue weighted by Crippen LogP contribution is -2.33. The molecule has 5 atom stereocenters. The molecule has 1 saturated heterocycles. The maximum absolute atomic E-state index is 9.72. The molecule has 0 spiro atoms. The van der Waals surface area contributed by atoms with Crippen LogP contribution in [0.15, 0.2) is 6.33 Å². The first-order chi connectivity index (χ1) is 8.04. The highest BCUT2D eigenvalue weighted by atomic mass is 16.6. The summed E-state index contributed by atoms with van der Waals surface area (Å²) in [4.78, 5) is 3.84. The number of rotatable bonds is 3. The highest BCUT2D eigenvalue weighted by Gasteiger charge is 2.43. The van der Waals surface area contributed by atoms with Gasteiger partial charge >= 0.3 is 0 Å². The Morgan fingerprint density at radius 1 is 1.47 bits per heavy atom. The zero-order valence-electron chi connectivity index (χ0n) is 9.21. The molecule has 0 bridgehead atoms. The number of aliphatic hydroxyl groups is 4. The second-order valence-electron chi connectivity index (χ2n) is 3.99. The molecule has 2 heterocycles. The molecule has 1 aliphatic rings. The predicted molar refractivity (Wildman–Crippen MR) is 53.7 cm³/mol. The van der Waals surface area contributed by atoms with Crippen molar-refractivity contribution in [1.82, 2.24) is 14.8 Å². The monoisotopic (exact) mass is 245 g/mol. The molecule has 96 valence electrons. The Morgan fingerprint density at radius 3 is 2.65 bits per heavy atom. The first-order valence-electron chi connectivity index (χ1n) is 5.26. The smallest absolute Gasteiger partial charge is 0.180 e. The maximum Gasteiger partial charge on any atom is 0.180 e. The van der Waals surface area contributed by atoms with E-state index < -0.39 is 37.3 Å². The van der Waals surface area contributed by atoms with E-state index in [9.17, 15) is 15.3 Å². The Labute approximate surface area is 97.1 Å². The van der Waals surface area contributed by atoms with Crippen molar-refractivity contribution in [2.24, 2.45) is 0 Å². The number of ether oxygens (including phenoxy) is 1. The van der Waals surface area contributed by atoms with Gasteiger partial charge in [0.15, 0.2) is 12.1 Å². The van der Waals surface area contributed by atoms with E-state index in [1.165, 1.54) is 17.9 Å². The maximum atomic E-state index is 9.72. The molecular formula is C9H15N3O5. The summed E-state index contributed by atoms with van der Waals surface area (Å²) in [5.41, 5.74) is 0. The van der Waals surface area contributed by atoms with Crippen LogP contribution in [-0.4, -0.2) is 60.1 Å². The van der Waals surface area contributed by atoms with Crippen molar-refractivity contribution < 1.29 is 25.2 Å². The molecule has 17 heavy (non-hydrogen) atoms. The van der Waals surface area contributed by atoms with Crippen molar-refractivity contribution in [3.8, 4) is 0 Å². The second-order valence-corrected chi connectivity index (χ2v) is 3.99. The van der Waals surface area contributed by atoms with Crippen LogP contribution in [0, 0.1) is 0 Å². The highest BCUT2D eigenvalue weighted by molar-refractivity contribution is 4.91. The number of aliphatic hydroxyl groups excluding tert-OH is 4. The van der Waals surface area contributed by atoms with Crippen LogP contribution in [0.2, 0.25) is 0 Å². The molecule has 2 unspecified atom stereocenters. The van der Waals surface area contributed by atoms with Crippen LogP contribution in [0.1, 0.15) is 25.1 Å². The van der Waals surface area contributed by atoms with Crippen molar-refractivity contribution in [2.75, 3.05) is 6.61 Å². The molecule has 0 saturated carbocycles. The van der Waals surface area contributed by atoms with Gasteiger partial charge in [-0.05, 0) is 6.92 Å². The van der Waals surface area contributed by atoms with Crippen LogP contribution < -0.4 is 0 Å². The van der Waals surface area contributed by atoms with Crippen molar-refractivity contribution in [3.05, 3.63) is 12.2 Å². The molecule has 4 N–H and O–H groups in total. The lowest BCUT2D eigenvalue weighted by molar-refractivity contribution is -0.0591. The van der Waals surface area contributed by atoms with E-state index in [0.29, 0.717) is 0 Å². The van der Waals surface area contributed by atoms with Gasteiger partial charge in [0.1, 0.15) is 30.7 Å². The summed E-state index contributed by atoms with van der Waals surface area (Å²) < 4.78 is 6.46. The lowest BCUT2D eigenvalue weighted by atomic mass is 10.1. The van der Waals surface area contributed by atoms with Crippen molar-refractivity contribution in [3.63, 3.8) is 0 Å². The molecule has 2 rings (SSSR count). The summed E-state index contributed by atoms with van der Waals surface area (Å²) in [5, 5.41) is 41.4. The number of nitrogens with zero attached hydrogens (tertiary/aromatic N) is 3. The molecule has 0 aliphatic carbocycles. The molecule has 1 aliphatic heterocycles. The normalized spacial score (nSPS) is 35.1. The Kier molecular flexibility index (Phi) is 3.40. The van der Waals surface area contributed by atoms with E-state index in [0.717, 1.165) is 0 Å². The average molecular weight is 245 g/mol. The minimum Gasteiger partial charge on any atom is -0.394 e. The largest absolute Gasteiger partial charge is 0.394 e. The zero-order valence-corrected chi connectivity index (χ0v) is 9.21. The first-order valence-corrected chi connectivity index (χ1v) is 5.26. The van der Waals surface area contributed by atoms with Crippen molar-refractivity contribution in [1.29, 1.82) is 0 Å². The topological polar surface area (TPSA) is 121 Å². The van der Waals surface area contributed by atoms with Crippen molar-refractivity contribution >= 4 is 0 Å². The third kappa shape index (κ3) is 2.17. The highest BCUT2D eigenvalue weighted by Crippen LogP contribution is 2.28. The van der Waals surface area contributed by atoms with Crippen LogP contribution in [0.5, 0.6) is 0 Å². The third-order valence-electron chi connectivity index (χ3n) is 2.68. The van der Waals surface area contributed by atoms with Gasteiger partial charge in [-0.25, -0.2) is 9.67 Å². The van der Waals surface area contributed by atoms with E-state index in [-0.39, 0.29) is 5.82 Å². The molecule has 1 aromatic heterocycles. The standard InChI is InChI=1S/C9H15N3O5/c1-4(14)8-10-3-12(11-8)9-7(16)6(15)5(2-13)17-9/h3-7,9,13-16H,2H2,1H3/t4?,5-,6?,7+,9-/m1/s1. The van der Waals surface area contributed by atoms with E-state index in [2.05, 4.69) is 10.1 Å². The Morgan fingerprint density at radius 2 is 2.18 bits per heavy atom. The van der Waals surface area contributed by atoms with Gasteiger partial charge in [-0.2, -0.15) is 5.10 Å². The number of hydrogen-bond donors (Lipinski definition) is 4. The fourth-order valence-corrected chi connectivity index (χ4v) is 1.70. The Hall–Kier alpha value is -1.06. The minimum atomic E-state index is -1.20. The molecule has 8 nitrogen and oxygen atoms in total. The van der Waals surface area contributed by atoms with E-state index >= 15 is 0 Å². The summed E-state index contributed by atoms with van der Waals surface area (Å²) in [6.07, 6.45) is -3.67. The fraction of sp³-hybridized carbons (Fsp3) is 0.778. The SMILES string of the molecule is CC(O)c1ncn([C@@H]2O[C@H](CO)C(O)[C@@H]2O)n1. The fourth-order valence-electron chi connectivity index (χ4n) is 1.70. The second kappa shape index (κ2) is 4.67. The summed E-state index contributed by atoms with van der Waals surface area (Å²) in [6.45, 7) is 1.11. The summed E-state index contributed by atoms with van der Waals surface area (Å²) in [5.74, 6) is 0.197. The summed E-state index contributed by atoms with van der Waals surface area (Å²) in [7, 11) is 0. The quantitative estimate of drug-likeness (QED) is 0.483. The van der Waals surface area contributed by atoms with Crippen LogP contribution in [0.4, 0.5) is 0 Å². The van der Waals surface area contributed by atoms with Crippen LogP contribution >= 0.6 is 0 Å².